The second-order valence-electron chi connectivity index (χ2n) is 3.92. The molecule has 98 valence electrons. The molecule has 0 radical (unpaired) electrons. The van der Waals surface area contributed by atoms with Crippen LogP contribution >= 0.6 is 31.9 Å². The van der Waals surface area contributed by atoms with Gasteiger partial charge in [0.2, 0.25) is 5.03 Å². The Morgan fingerprint density at radius 2 is 2.06 bits per heavy atom. The molecule has 1 heterocycles. The third kappa shape index (κ3) is 3.73. The maximum atomic E-state index is 12.0. The summed E-state index contributed by atoms with van der Waals surface area (Å²) >= 11 is 6.48. The molecular weight excluding hydrogens is 376 g/mol. The lowest BCUT2D eigenvalue weighted by Gasteiger charge is -2.14. The number of hydrogen-bond acceptors (Lipinski definition) is 4. The summed E-state index contributed by atoms with van der Waals surface area (Å²) < 4.78 is 27.9. The van der Waals surface area contributed by atoms with Crippen molar-refractivity contribution in [2.45, 2.75) is 23.7 Å². The third-order valence-corrected chi connectivity index (χ3v) is 5.87. The van der Waals surface area contributed by atoms with Gasteiger partial charge in [-0.2, -0.15) is 0 Å². The zero-order chi connectivity index (χ0) is 13.2. The van der Waals surface area contributed by atoms with Gasteiger partial charge < -0.3 is 0 Å². The van der Waals surface area contributed by atoms with Crippen LogP contribution in [-0.4, -0.2) is 34.8 Å². The Hall–Kier alpha value is 0.0100. The van der Waals surface area contributed by atoms with Gasteiger partial charge in [0.1, 0.15) is 0 Å². The van der Waals surface area contributed by atoms with Gasteiger partial charge in [-0.25, -0.2) is 17.8 Å². The van der Waals surface area contributed by atoms with Crippen LogP contribution in [0, 0.1) is 5.92 Å². The van der Waals surface area contributed by atoms with Crippen LogP contribution in [0.3, 0.4) is 0 Å². The molecule has 1 atom stereocenters. The first-order valence-electron chi connectivity index (χ1n) is 4.94. The highest BCUT2D eigenvalue weighted by Gasteiger charge is 2.24. The summed E-state index contributed by atoms with van der Waals surface area (Å²) in [4.78, 5) is 0.0808. The van der Waals surface area contributed by atoms with Gasteiger partial charge in [-0.1, -0.05) is 35.0 Å². The van der Waals surface area contributed by atoms with Gasteiger partial charge in [0.25, 0.3) is 10.0 Å². The Kier molecular flexibility index (Phi) is 5.11. The molecule has 0 saturated heterocycles. The maximum absolute atomic E-state index is 12.0. The van der Waals surface area contributed by atoms with Gasteiger partial charge in [0, 0.05) is 18.4 Å². The first kappa shape index (κ1) is 15.1. The molecule has 1 aromatic heterocycles. The van der Waals surface area contributed by atoms with E-state index in [1.807, 2.05) is 13.8 Å². The minimum Gasteiger partial charge on any atom is -0.235 e. The Morgan fingerprint density at radius 1 is 1.47 bits per heavy atom. The molecule has 0 aliphatic rings. The van der Waals surface area contributed by atoms with Crippen molar-refractivity contribution < 1.29 is 8.42 Å². The van der Waals surface area contributed by atoms with Gasteiger partial charge in [0.15, 0.2) is 4.60 Å². The highest BCUT2D eigenvalue weighted by atomic mass is 79.9. The molecule has 1 N–H and O–H groups in total. The van der Waals surface area contributed by atoms with Crippen LogP contribution in [-0.2, 0) is 17.1 Å². The standard InChI is InChI=1S/C8H14Br2N4O2S/c1-5(2)6(9)4-11-17(15,16)8-7(10)12-13-14(8)3/h5-6,11H,4H2,1-3H3. The third-order valence-electron chi connectivity index (χ3n) is 2.18. The van der Waals surface area contributed by atoms with Crippen LogP contribution in [0.5, 0.6) is 0 Å². The van der Waals surface area contributed by atoms with Crippen molar-refractivity contribution in [1.82, 2.24) is 19.7 Å². The smallest absolute Gasteiger partial charge is 0.235 e. The number of alkyl halides is 1. The van der Waals surface area contributed by atoms with E-state index in [0.717, 1.165) is 0 Å². The monoisotopic (exact) mass is 388 g/mol. The molecule has 0 amide bonds. The second kappa shape index (κ2) is 5.77. The molecular formula is C8H14Br2N4O2S. The molecule has 0 aromatic carbocycles. The zero-order valence-electron chi connectivity index (χ0n) is 9.68. The predicted octanol–water partition coefficient (Wildman–Crippen LogP) is 1.28. The summed E-state index contributed by atoms with van der Waals surface area (Å²) in [7, 11) is -2.07. The topological polar surface area (TPSA) is 76.9 Å². The normalized spacial score (nSPS) is 14.2. The molecule has 17 heavy (non-hydrogen) atoms. The fourth-order valence-electron chi connectivity index (χ4n) is 1.10. The number of aromatic nitrogens is 3. The first-order valence-corrected chi connectivity index (χ1v) is 8.13. The summed E-state index contributed by atoms with van der Waals surface area (Å²) in [6.07, 6.45) is 0. The van der Waals surface area contributed by atoms with E-state index < -0.39 is 10.0 Å². The molecule has 0 aliphatic heterocycles. The number of nitrogens with one attached hydrogen (secondary N) is 1. The Bertz CT molecular complexity index is 466. The maximum Gasteiger partial charge on any atom is 0.260 e. The van der Waals surface area contributed by atoms with Crippen LogP contribution in [0.15, 0.2) is 9.63 Å². The van der Waals surface area contributed by atoms with E-state index in [0.29, 0.717) is 12.5 Å². The lowest BCUT2D eigenvalue weighted by atomic mass is 10.1. The van der Waals surface area contributed by atoms with Crippen LogP contribution in [0.4, 0.5) is 0 Å². The van der Waals surface area contributed by atoms with E-state index in [-0.39, 0.29) is 14.5 Å². The van der Waals surface area contributed by atoms with Gasteiger partial charge in [-0.15, -0.1) is 5.10 Å². The molecule has 1 aromatic rings. The van der Waals surface area contributed by atoms with E-state index >= 15 is 0 Å². The van der Waals surface area contributed by atoms with E-state index in [9.17, 15) is 8.42 Å². The minimum atomic E-state index is -3.60. The lowest BCUT2D eigenvalue weighted by molar-refractivity contribution is 0.547. The number of nitrogens with zero attached hydrogens (tertiary/aromatic N) is 3. The van der Waals surface area contributed by atoms with Crippen molar-refractivity contribution in [2.75, 3.05) is 6.54 Å². The minimum absolute atomic E-state index is 0.0287. The Balaban J connectivity index is 2.84. The fourth-order valence-corrected chi connectivity index (χ4v) is 3.63. The summed E-state index contributed by atoms with van der Waals surface area (Å²) in [5, 5.41) is 7.31. The van der Waals surface area contributed by atoms with Crippen molar-refractivity contribution >= 4 is 41.9 Å². The van der Waals surface area contributed by atoms with E-state index in [1.165, 1.54) is 11.7 Å². The molecule has 0 fully saturated rings. The summed E-state index contributed by atoms with van der Waals surface area (Å²) in [5.41, 5.74) is 0. The first-order chi connectivity index (χ1) is 7.75. The van der Waals surface area contributed by atoms with Crippen LogP contribution in [0.2, 0.25) is 0 Å². The van der Waals surface area contributed by atoms with Crippen molar-refractivity contribution in [3.8, 4) is 0 Å². The zero-order valence-corrected chi connectivity index (χ0v) is 13.7. The van der Waals surface area contributed by atoms with E-state index in [1.54, 1.807) is 0 Å². The van der Waals surface area contributed by atoms with Gasteiger partial charge in [-0.3, -0.25) is 0 Å². The molecule has 1 unspecified atom stereocenters. The highest BCUT2D eigenvalue weighted by molar-refractivity contribution is 9.10. The molecule has 0 spiro atoms. The molecule has 0 saturated carbocycles. The number of rotatable bonds is 5. The number of halogens is 2. The average molecular weight is 390 g/mol. The fraction of sp³-hybridized carbons (Fsp3) is 0.750. The van der Waals surface area contributed by atoms with Crippen molar-refractivity contribution in [1.29, 1.82) is 0 Å². The van der Waals surface area contributed by atoms with Crippen LogP contribution < -0.4 is 4.72 Å². The van der Waals surface area contributed by atoms with Gasteiger partial charge >= 0.3 is 0 Å². The lowest BCUT2D eigenvalue weighted by Crippen LogP contribution is -2.33. The second-order valence-corrected chi connectivity index (χ2v) is 7.53. The van der Waals surface area contributed by atoms with E-state index in [4.69, 9.17) is 0 Å². The van der Waals surface area contributed by atoms with Gasteiger partial charge in [0.05, 0.1) is 0 Å². The average Bonchev–Trinajstić information content (AvgIpc) is 2.55. The van der Waals surface area contributed by atoms with Crippen molar-refractivity contribution in [2.24, 2.45) is 13.0 Å². The quantitative estimate of drug-likeness (QED) is 0.769. The molecule has 9 heteroatoms. The van der Waals surface area contributed by atoms with Crippen LogP contribution in [0.1, 0.15) is 13.8 Å². The number of hydrogen-bond donors (Lipinski definition) is 1. The summed E-state index contributed by atoms with van der Waals surface area (Å²) in [6, 6.07) is 0. The molecule has 6 nitrogen and oxygen atoms in total. The summed E-state index contributed by atoms with van der Waals surface area (Å²) in [6.45, 7) is 4.34. The van der Waals surface area contributed by atoms with Crippen molar-refractivity contribution in [3.05, 3.63) is 4.60 Å². The van der Waals surface area contributed by atoms with Gasteiger partial charge in [-0.05, 0) is 21.8 Å². The number of sulfonamides is 1. The molecule has 1 rings (SSSR count). The van der Waals surface area contributed by atoms with Crippen molar-refractivity contribution in [3.63, 3.8) is 0 Å². The largest absolute Gasteiger partial charge is 0.260 e. The van der Waals surface area contributed by atoms with E-state index in [2.05, 4.69) is 46.9 Å². The predicted molar refractivity (Wildman–Crippen MR) is 71.4 cm³/mol. The van der Waals surface area contributed by atoms with Crippen LogP contribution in [0.25, 0.3) is 0 Å². The molecule has 0 aliphatic carbocycles. The Labute approximate surface area is 117 Å². The number of aryl methyl sites for hydroxylation is 1. The summed E-state index contributed by atoms with van der Waals surface area (Å²) in [5.74, 6) is 0.339. The molecule has 0 bridgehead atoms. The Morgan fingerprint density at radius 3 is 2.47 bits per heavy atom. The highest BCUT2D eigenvalue weighted by Crippen LogP contribution is 2.18. The SMILES string of the molecule is CC(C)C(Br)CNS(=O)(=O)c1c(Br)nnn1C.